The minimum atomic E-state index is 0.687. The highest BCUT2D eigenvalue weighted by atomic mass is 15.1. The molecule has 1 fully saturated rings. The predicted octanol–water partition coefficient (Wildman–Crippen LogP) is 3.25. The standard InChI is InChI=1S/C14H18N2/c1-11-9-12(10-15)7-8-14(11)16(2)13-5-3-4-6-13/h7-9,13H,3-6H2,1-2H3. The first-order chi connectivity index (χ1) is 7.72. The van der Waals surface area contributed by atoms with E-state index in [1.54, 1.807) is 0 Å². The quantitative estimate of drug-likeness (QED) is 0.755. The van der Waals surface area contributed by atoms with Gasteiger partial charge in [0.15, 0.2) is 0 Å². The van der Waals surface area contributed by atoms with E-state index in [9.17, 15) is 0 Å². The second-order valence-corrected chi connectivity index (χ2v) is 4.66. The molecular weight excluding hydrogens is 196 g/mol. The zero-order chi connectivity index (χ0) is 11.5. The van der Waals surface area contributed by atoms with Gasteiger partial charge in [-0.15, -0.1) is 0 Å². The molecule has 84 valence electrons. The number of nitriles is 1. The summed E-state index contributed by atoms with van der Waals surface area (Å²) in [5.41, 5.74) is 3.22. The predicted molar refractivity (Wildman–Crippen MR) is 66.6 cm³/mol. The lowest BCUT2D eigenvalue weighted by atomic mass is 10.1. The molecule has 0 heterocycles. The Kier molecular flexibility index (Phi) is 3.14. The van der Waals surface area contributed by atoms with Crippen molar-refractivity contribution >= 4 is 5.69 Å². The highest BCUT2D eigenvalue weighted by Gasteiger charge is 2.20. The van der Waals surface area contributed by atoms with Crippen LogP contribution in [-0.2, 0) is 0 Å². The van der Waals surface area contributed by atoms with Gasteiger partial charge in [-0.2, -0.15) is 5.26 Å². The van der Waals surface area contributed by atoms with Crippen LogP contribution in [0.1, 0.15) is 36.8 Å². The van der Waals surface area contributed by atoms with Crippen molar-refractivity contribution in [3.8, 4) is 6.07 Å². The minimum absolute atomic E-state index is 0.687. The number of hydrogen-bond donors (Lipinski definition) is 0. The molecule has 0 spiro atoms. The third-order valence-electron chi connectivity index (χ3n) is 3.58. The van der Waals surface area contributed by atoms with Crippen LogP contribution in [0.25, 0.3) is 0 Å². The number of anilines is 1. The Balaban J connectivity index is 2.23. The van der Waals surface area contributed by atoms with E-state index in [1.807, 2.05) is 12.1 Å². The second kappa shape index (κ2) is 4.57. The molecule has 0 aliphatic heterocycles. The third kappa shape index (κ3) is 2.04. The van der Waals surface area contributed by atoms with Gasteiger partial charge in [-0.3, -0.25) is 0 Å². The normalized spacial score (nSPS) is 16.1. The van der Waals surface area contributed by atoms with Crippen molar-refractivity contribution in [1.29, 1.82) is 5.26 Å². The summed E-state index contributed by atoms with van der Waals surface area (Å²) < 4.78 is 0. The molecule has 0 radical (unpaired) electrons. The molecule has 0 aromatic heterocycles. The van der Waals surface area contributed by atoms with Crippen LogP contribution in [0.3, 0.4) is 0 Å². The van der Waals surface area contributed by atoms with E-state index in [4.69, 9.17) is 5.26 Å². The van der Waals surface area contributed by atoms with Gasteiger partial charge < -0.3 is 4.90 Å². The Morgan fingerprint density at radius 2 is 2.00 bits per heavy atom. The molecule has 1 aromatic carbocycles. The van der Waals surface area contributed by atoms with Gasteiger partial charge in [-0.05, 0) is 43.5 Å². The Morgan fingerprint density at radius 1 is 1.31 bits per heavy atom. The summed E-state index contributed by atoms with van der Waals surface area (Å²) in [6, 6.07) is 8.83. The average Bonchev–Trinajstić information content (AvgIpc) is 2.81. The number of rotatable bonds is 2. The van der Waals surface area contributed by atoms with Crippen molar-refractivity contribution in [3.05, 3.63) is 29.3 Å². The first kappa shape index (κ1) is 11.0. The smallest absolute Gasteiger partial charge is 0.0991 e. The van der Waals surface area contributed by atoms with Crippen LogP contribution in [0.5, 0.6) is 0 Å². The van der Waals surface area contributed by atoms with Crippen LogP contribution in [-0.4, -0.2) is 13.1 Å². The van der Waals surface area contributed by atoms with Crippen molar-refractivity contribution < 1.29 is 0 Å². The molecule has 1 aliphatic rings. The van der Waals surface area contributed by atoms with Gasteiger partial charge in [-0.1, -0.05) is 12.8 Å². The lowest BCUT2D eigenvalue weighted by molar-refractivity contribution is 0.652. The zero-order valence-electron chi connectivity index (χ0n) is 10.0. The molecule has 1 saturated carbocycles. The van der Waals surface area contributed by atoms with E-state index in [1.165, 1.54) is 36.9 Å². The topological polar surface area (TPSA) is 27.0 Å². The molecule has 16 heavy (non-hydrogen) atoms. The van der Waals surface area contributed by atoms with Crippen LogP contribution in [0.15, 0.2) is 18.2 Å². The number of aryl methyl sites for hydroxylation is 1. The lowest BCUT2D eigenvalue weighted by Crippen LogP contribution is -2.29. The largest absolute Gasteiger partial charge is 0.371 e. The van der Waals surface area contributed by atoms with Crippen molar-refractivity contribution in [2.24, 2.45) is 0 Å². The van der Waals surface area contributed by atoms with E-state index in [-0.39, 0.29) is 0 Å². The maximum atomic E-state index is 8.84. The fourth-order valence-corrected chi connectivity index (χ4v) is 2.61. The van der Waals surface area contributed by atoms with Crippen LogP contribution in [0.2, 0.25) is 0 Å². The Bertz CT molecular complexity index is 411. The first-order valence-electron chi connectivity index (χ1n) is 5.96. The molecule has 1 aliphatic carbocycles. The van der Waals surface area contributed by atoms with E-state index in [0.29, 0.717) is 6.04 Å². The van der Waals surface area contributed by atoms with Gasteiger partial charge in [0, 0.05) is 18.8 Å². The van der Waals surface area contributed by atoms with Crippen molar-refractivity contribution in [2.75, 3.05) is 11.9 Å². The minimum Gasteiger partial charge on any atom is -0.371 e. The first-order valence-corrected chi connectivity index (χ1v) is 5.96. The van der Waals surface area contributed by atoms with Crippen molar-refractivity contribution in [1.82, 2.24) is 0 Å². The fraction of sp³-hybridized carbons (Fsp3) is 0.500. The summed E-state index contributed by atoms with van der Waals surface area (Å²) in [5, 5.41) is 8.84. The summed E-state index contributed by atoms with van der Waals surface area (Å²) in [4.78, 5) is 2.38. The molecule has 2 rings (SSSR count). The van der Waals surface area contributed by atoms with E-state index in [2.05, 4.69) is 31.0 Å². The summed E-state index contributed by atoms with van der Waals surface area (Å²) in [6.07, 6.45) is 5.31. The molecule has 0 N–H and O–H groups in total. The second-order valence-electron chi connectivity index (χ2n) is 4.66. The van der Waals surface area contributed by atoms with E-state index < -0.39 is 0 Å². The summed E-state index contributed by atoms with van der Waals surface area (Å²) >= 11 is 0. The maximum Gasteiger partial charge on any atom is 0.0991 e. The van der Waals surface area contributed by atoms with Gasteiger partial charge in [0.25, 0.3) is 0 Å². The summed E-state index contributed by atoms with van der Waals surface area (Å²) in [7, 11) is 2.17. The molecule has 0 unspecified atom stereocenters. The summed E-state index contributed by atoms with van der Waals surface area (Å²) in [5.74, 6) is 0. The van der Waals surface area contributed by atoms with Crippen molar-refractivity contribution in [3.63, 3.8) is 0 Å². The van der Waals surface area contributed by atoms with Gasteiger partial charge in [0.2, 0.25) is 0 Å². The zero-order valence-corrected chi connectivity index (χ0v) is 10.0. The van der Waals surface area contributed by atoms with Crippen LogP contribution in [0, 0.1) is 18.3 Å². The molecule has 0 saturated heterocycles. The highest BCUT2D eigenvalue weighted by molar-refractivity contribution is 5.56. The fourth-order valence-electron chi connectivity index (χ4n) is 2.61. The van der Waals surface area contributed by atoms with E-state index >= 15 is 0 Å². The maximum absolute atomic E-state index is 8.84. The molecule has 2 heteroatoms. The lowest BCUT2D eigenvalue weighted by Gasteiger charge is -2.28. The van der Waals surface area contributed by atoms with Crippen LogP contribution >= 0.6 is 0 Å². The van der Waals surface area contributed by atoms with Crippen LogP contribution in [0.4, 0.5) is 5.69 Å². The molecular formula is C14H18N2. The summed E-state index contributed by atoms with van der Waals surface area (Å²) in [6.45, 7) is 2.08. The molecule has 0 atom stereocenters. The Hall–Kier alpha value is -1.49. The monoisotopic (exact) mass is 214 g/mol. The Labute approximate surface area is 97.5 Å². The molecule has 0 bridgehead atoms. The van der Waals surface area contributed by atoms with E-state index in [0.717, 1.165) is 5.56 Å². The van der Waals surface area contributed by atoms with Gasteiger partial charge >= 0.3 is 0 Å². The number of nitrogens with zero attached hydrogens (tertiary/aromatic N) is 2. The van der Waals surface area contributed by atoms with Crippen LogP contribution < -0.4 is 4.90 Å². The van der Waals surface area contributed by atoms with Gasteiger partial charge in [0.1, 0.15) is 0 Å². The number of benzene rings is 1. The molecule has 0 amide bonds. The van der Waals surface area contributed by atoms with Crippen molar-refractivity contribution in [2.45, 2.75) is 38.6 Å². The third-order valence-corrected chi connectivity index (χ3v) is 3.58. The Morgan fingerprint density at radius 3 is 2.56 bits per heavy atom. The number of hydrogen-bond acceptors (Lipinski definition) is 2. The average molecular weight is 214 g/mol. The highest BCUT2D eigenvalue weighted by Crippen LogP contribution is 2.29. The molecule has 1 aromatic rings. The molecule has 2 nitrogen and oxygen atoms in total. The van der Waals surface area contributed by atoms with Gasteiger partial charge in [0.05, 0.1) is 11.6 Å². The van der Waals surface area contributed by atoms with Gasteiger partial charge in [-0.25, -0.2) is 0 Å². The SMILES string of the molecule is Cc1cc(C#N)ccc1N(C)C1CCCC1.